The van der Waals surface area contributed by atoms with Gasteiger partial charge in [0, 0.05) is 13.1 Å². The molecule has 5 heteroatoms. The Hall–Kier alpha value is -0.320. The van der Waals surface area contributed by atoms with Crippen LogP contribution in [0.1, 0.15) is 27.7 Å². The van der Waals surface area contributed by atoms with Crippen molar-refractivity contribution in [2.75, 3.05) is 13.1 Å². The van der Waals surface area contributed by atoms with Crippen molar-refractivity contribution in [1.29, 1.82) is 0 Å². The molecule has 1 aliphatic rings. The highest BCUT2D eigenvalue weighted by molar-refractivity contribution is 5.85. The number of amides is 1. The lowest BCUT2D eigenvalue weighted by Crippen LogP contribution is -2.54. The van der Waals surface area contributed by atoms with Crippen LogP contribution in [0.25, 0.3) is 0 Å². The molecule has 3 atom stereocenters. The lowest BCUT2D eigenvalue weighted by molar-refractivity contribution is -0.145. The lowest BCUT2D eigenvalue weighted by atomic mass is 10.0. The van der Waals surface area contributed by atoms with E-state index in [1.165, 1.54) is 0 Å². The Balaban J connectivity index is 0.00000225. The van der Waals surface area contributed by atoms with Gasteiger partial charge in [-0.05, 0) is 19.8 Å². The molecule has 0 bridgehead atoms. The van der Waals surface area contributed by atoms with Crippen LogP contribution in [-0.4, -0.2) is 42.1 Å². The molecule has 0 aromatic carbocycles. The maximum atomic E-state index is 12.0. The van der Waals surface area contributed by atoms with Gasteiger partial charge in [-0.25, -0.2) is 0 Å². The SMILES string of the molecule is CC(C)[C@@H](N)C(=O)N1C[C@@H](C)O[C@@H](C)C1.Cl. The molecule has 0 aromatic rings. The van der Waals surface area contributed by atoms with Gasteiger partial charge in [-0.3, -0.25) is 4.79 Å². The van der Waals surface area contributed by atoms with Gasteiger partial charge in [0.25, 0.3) is 0 Å². The third kappa shape index (κ3) is 3.92. The highest BCUT2D eigenvalue weighted by Crippen LogP contribution is 2.13. The number of halogens is 1. The van der Waals surface area contributed by atoms with E-state index in [4.69, 9.17) is 10.5 Å². The van der Waals surface area contributed by atoms with Gasteiger partial charge in [-0.1, -0.05) is 13.8 Å². The molecule has 2 N–H and O–H groups in total. The second-order valence-electron chi connectivity index (χ2n) is 4.77. The predicted molar refractivity (Wildman–Crippen MR) is 66.7 cm³/mol. The van der Waals surface area contributed by atoms with Gasteiger partial charge in [0.15, 0.2) is 0 Å². The molecule has 1 heterocycles. The zero-order chi connectivity index (χ0) is 11.6. The van der Waals surface area contributed by atoms with Crippen molar-refractivity contribution in [3.8, 4) is 0 Å². The van der Waals surface area contributed by atoms with E-state index in [0.717, 1.165) is 0 Å². The first-order chi connectivity index (χ1) is 6.91. The molecule has 1 fully saturated rings. The molecule has 0 aliphatic carbocycles. The molecule has 0 aromatic heterocycles. The average molecular weight is 251 g/mol. The van der Waals surface area contributed by atoms with Crippen LogP contribution in [0.4, 0.5) is 0 Å². The van der Waals surface area contributed by atoms with Crippen LogP contribution in [0.15, 0.2) is 0 Å². The maximum absolute atomic E-state index is 12.0. The summed E-state index contributed by atoms with van der Waals surface area (Å²) in [6.45, 7) is 9.21. The molecule has 1 saturated heterocycles. The molecule has 4 nitrogen and oxygen atoms in total. The van der Waals surface area contributed by atoms with Crippen molar-refractivity contribution in [3.63, 3.8) is 0 Å². The number of hydrogen-bond acceptors (Lipinski definition) is 3. The van der Waals surface area contributed by atoms with Crippen LogP contribution in [-0.2, 0) is 9.53 Å². The molecule has 1 amide bonds. The monoisotopic (exact) mass is 250 g/mol. The minimum atomic E-state index is -0.387. The van der Waals surface area contributed by atoms with Crippen molar-refractivity contribution in [1.82, 2.24) is 4.90 Å². The first-order valence-corrected chi connectivity index (χ1v) is 5.61. The topological polar surface area (TPSA) is 55.6 Å². The van der Waals surface area contributed by atoms with E-state index in [-0.39, 0.29) is 42.5 Å². The molecule has 1 aliphatic heterocycles. The Morgan fingerprint density at radius 3 is 2.12 bits per heavy atom. The van der Waals surface area contributed by atoms with Gasteiger partial charge in [-0.2, -0.15) is 0 Å². The van der Waals surface area contributed by atoms with E-state index in [1.54, 1.807) is 0 Å². The van der Waals surface area contributed by atoms with Crippen LogP contribution >= 0.6 is 12.4 Å². The minimum absolute atomic E-state index is 0. The fourth-order valence-electron chi connectivity index (χ4n) is 1.85. The van der Waals surface area contributed by atoms with Crippen LogP contribution in [0.3, 0.4) is 0 Å². The summed E-state index contributed by atoms with van der Waals surface area (Å²) in [6, 6.07) is -0.387. The van der Waals surface area contributed by atoms with Crippen molar-refractivity contribution >= 4 is 18.3 Å². The van der Waals surface area contributed by atoms with Gasteiger partial charge in [0.2, 0.25) is 5.91 Å². The number of carbonyl (C=O) groups excluding carboxylic acids is 1. The second-order valence-corrected chi connectivity index (χ2v) is 4.77. The summed E-state index contributed by atoms with van der Waals surface area (Å²) in [5.74, 6) is 0.234. The number of rotatable bonds is 2. The maximum Gasteiger partial charge on any atom is 0.239 e. The zero-order valence-electron chi connectivity index (χ0n) is 10.5. The summed E-state index contributed by atoms with van der Waals surface area (Å²) in [6.07, 6.45) is 0.217. The Bertz CT molecular complexity index is 226. The van der Waals surface area contributed by atoms with Crippen LogP contribution < -0.4 is 5.73 Å². The molecule has 0 unspecified atom stereocenters. The lowest BCUT2D eigenvalue weighted by Gasteiger charge is -2.37. The zero-order valence-corrected chi connectivity index (χ0v) is 11.3. The fourth-order valence-corrected chi connectivity index (χ4v) is 1.85. The van der Waals surface area contributed by atoms with Gasteiger partial charge >= 0.3 is 0 Å². The quantitative estimate of drug-likeness (QED) is 0.797. The van der Waals surface area contributed by atoms with E-state index in [1.807, 2.05) is 32.6 Å². The Morgan fingerprint density at radius 2 is 1.75 bits per heavy atom. The summed E-state index contributed by atoms with van der Waals surface area (Å²) in [5.41, 5.74) is 5.85. The van der Waals surface area contributed by atoms with Crippen LogP contribution in [0, 0.1) is 5.92 Å². The Kier molecular flexibility index (Phi) is 6.30. The molecule has 0 spiro atoms. The largest absolute Gasteiger partial charge is 0.372 e. The van der Waals surface area contributed by atoms with Gasteiger partial charge in [0.05, 0.1) is 18.2 Å². The van der Waals surface area contributed by atoms with Crippen molar-refractivity contribution in [2.45, 2.75) is 45.9 Å². The van der Waals surface area contributed by atoms with E-state index in [0.29, 0.717) is 13.1 Å². The number of hydrogen-bond donors (Lipinski definition) is 1. The summed E-state index contributed by atoms with van der Waals surface area (Å²) < 4.78 is 5.57. The smallest absolute Gasteiger partial charge is 0.239 e. The minimum Gasteiger partial charge on any atom is -0.372 e. The third-order valence-electron chi connectivity index (χ3n) is 2.73. The van der Waals surface area contributed by atoms with Gasteiger partial charge < -0.3 is 15.4 Å². The first kappa shape index (κ1) is 15.7. The number of nitrogens with zero attached hydrogens (tertiary/aromatic N) is 1. The Morgan fingerprint density at radius 1 is 1.31 bits per heavy atom. The third-order valence-corrected chi connectivity index (χ3v) is 2.73. The highest BCUT2D eigenvalue weighted by atomic mass is 35.5. The number of morpholine rings is 1. The highest BCUT2D eigenvalue weighted by Gasteiger charge is 2.29. The van der Waals surface area contributed by atoms with Crippen molar-refractivity contribution in [2.24, 2.45) is 11.7 Å². The molecule has 0 radical (unpaired) electrons. The normalized spacial score (nSPS) is 27.5. The predicted octanol–water partition coefficient (Wildman–Crippen LogP) is 1.03. The number of ether oxygens (including phenoxy) is 1. The summed E-state index contributed by atoms with van der Waals surface area (Å²) in [5, 5.41) is 0. The van der Waals surface area contributed by atoms with E-state index in [9.17, 15) is 4.79 Å². The molecule has 16 heavy (non-hydrogen) atoms. The first-order valence-electron chi connectivity index (χ1n) is 5.61. The summed E-state index contributed by atoms with van der Waals surface area (Å²) in [4.78, 5) is 13.8. The van der Waals surface area contributed by atoms with E-state index >= 15 is 0 Å². The number of nitrogens with two attached hydrogens (primary N) is 1. The molecule has 1 rings (SSSR count). The molecular formula is C11H23ClN2O2. The van der Waals surface area contributed by atoms with E-state index < -0.39 is 0 Å². The van der Waals surface area contributed by atoms with Crippen LogP contribution in [0.2, 0.25) is 0 Å². The van der Waals surface area contributed by atoms with E-state index in [2.05, 4.69) is 0 Å². The van der Waals surface area contributed by atoms with Crippen molar-refractivity contribution in [3.05, 3.63) is 0 Å². The second kappa shape index (κ2) is 6.42. The average Bonchev–Trinajstić information content (AvgIpc) is 2.13. The Labute approximate surface area is 104 Å². The molecular weight excluding hydrogens is 228 g/mol. The summed E-state index contributed by atoms with van der Waals surface area (Å²) in [7, 11) is 0. The standard InChI is InChI=1S/C11H22N2O2.ClH/c1-7(2)10(12)11(14)13-5-8(3)15-9(4)6-13;/h7-10H,5-6,12H2,1-4H3;1H/t8-,9+,10-;/m1./s1. The van der Waals surface area contributed by atoms with Crippen molar-refractivity contribution < 1.29 is 9.53 Å². The molecule has 0 saturated carbocycles. The van der Waals surface area contributed by atoms with Gasteiger partial charge in [0.1, 0.15) is 0 Å². The number of carbonyl (C=O) groups is 1. The molecule has 96 valence electrons. The summed E-state index contributed by atoms with van der Waals surface area (Å²) >= 11 is 0. The van der Waals surface area contributed by atoms with Gasteiger partial charge in [-0.15, -0.1) is 12.4 Å². The van der Waals surface area contributed by atoms with Crippen LogP contribution in [0.5, 0.6) is 0 Å². The fraction of sp³-hybridized carbons (Fsp3) is 0.909.